The van der Waals surface area contributed by atoms with Crippen molar-refractivity contribution >= 4 is 17.9 Å². The zero-order valence-corrected chi connectivity index (χ0v) is 24.1. The molecule has 4 heterocycles. The van der Waals surface area contributed by atoms with E-state index in [4.69, 9.17) is 43.9 Å². The summed E-state index contributed by atoms with van der Waals surface area (Å²) in [6.45, 7) is 4.33. The molecule has 1 atom stereocenters. The van der Waals surface area contributed by atoms with Crippen molar-refractivity contribution in [3.05, 3.63) is 48.4 Å². The molecule has 2 aliphatic heterocycles. The zero-order valence-electron chi connectivity index (χ0n) is 24.1. The summed E-state index contributed by atoms with van der Waals surface area (Å²) in [5, 5.41) is 21.4. The van der Waals surface area contributed by atoms with Crippen molar-refractivity contribution in [2.45, 2.75) is 43.5 Å². The van der Waals surface area contributed by atoms with Crippen LogP contribution in [0.4, 0.5) is 39.5 Å². The van der Waals surface area contributed by atoms with Crippen LogP contribution in [-0.2, 0) is 25.7 Å². The van der Waals surface area contributed by atoms with Crippen molar-refractivity contribution < 1.29 is 83.4 Å². The van der Waals surface area contributed by atoms with Crippen LogP contribution in [-0.4, -0.2) is 106 Å². The molecule has 1 spiro atoms. The van der Waals surface area contributed by atoms with Crippen molar-refractivity contribution in [3.8, 4) is 11.6 Å². The standard InChI is InChI=1S/C20H25N3O3.3C2HF3O2/c1-24-19-16(4-2-9-22-19)13-23-14-20(15-23)17(7-11-26-20)6-10-25-18-5-3-8-21-12-18;3*3-2(4,5)1(6)7/h2-5,8-9,12,17H,6-7,10-11,13-15H2,1H3;3*(H,6,7). The molecular weight excluding hydrogens is 669 g/mol. The van der Waals surface area contributed by atoms with Gasteiger partial charge in [-0.25, -0.2) is 19.4 Å². The monoisotopic (exact) mass is 697 g/mol. The molecule has 0 aliphatic carbocycles. The second-order valence-electron chi connectivity index (χ2n) is 9.45. The third-order valence-corrected chi connectivity index (χ3v) is 6.12. The molecule has 1 unspecified atom stereocenters. The molecule has 2 aromatic rings. The van der Waals surface area contributed by atoms with Gasteiger partial charge in [-0.3, -0.25) is 9.88 Å². The highest BCUT2D eigenvalue weighted by Gasteiger charge is 2.52. The van der Waals surface area contributed by atoms with Crippen LogP contribution in [0.5, 0.6) is 11.6 Å². The molecule has 47 heavy (non-hydrogen) atoms. The maximum atomic E-state index is 10.6. The number of hydrogen-bond acceptors (Lipinski definition) is 9. The summed E-state index contributed by atoms with van der Waals surface area (Å²) in [6, 6.07) is 7.87. The third kappa shape index (κ3) is 14.3. The van der Waals surface area contributed by atoms with Gasteiger partial charge in [-0.2, -0.15) is 39.5 Å². The molecule has 2 aromatic heterocycles. The van der Waals surface area contributed by atoms with Crippen LogP contribution in [0.2, 0.25) is 0 Å². The average molecular weight is 698 g/mol. The molecule has 12 nitrogen and oxygen atoms in total. The molecule has 0 amide bonds. The number of hydrogen-bond donors (Lipinski definition) is 3. The molecule has 21 heteroatoms. The van der Waals surface area contributed by atoms with Crippen molar-refractivity contribution in [2.24, 2.45) is 5.92 Å². The number of likely N-dealkylation sites (tertiary alicyclic amines) is 1. The highest BCUT2D eigenvalue weighted by molar-refractivity contribution is 5.73. The van der Waals surface area contributed by atoms with E-state index in [-0.39, 0.29) is 5.60 Å². The normalized spacial score (nSPS) is 16.9. The van der Waals surface area contributed by atoms with E-state index in [1.54, 1.807) is 25.7 Å². The molecule has 0 aromatic carbocycles. The van der Waals surface area contributed by atoms with Gasteiger partial charge in [0.05, 0.1) is 25.5 Å². The Hall–Kier alpha value is -4.40. The molecule has 0 radical (unpaired) electrons. The number of nitrogens with zero attached hydrogens (tertiary/aromatic N) is 3. The molecule has 3 N–H and O–H groups in total. The summed E-state index contributed by atoms with van der Waals surface area (Å²) in [6.07, 6.45) is -7.85. The van der Waals surface area contributed by atoms with E-state index in [2.05, 4.69) is 20.9 Å². The Bertz CT molecular complexity index is 1230. The second-order valence-corrected chi connectivity index (χ2v) is 9.45. The number of aliphatic carboxylic acids is 3. The Labute approximate surface area is 259 Å². The lowest BCUT2D eigenvalue weighted by Gasteiger charge is -2.50. The quantitative estimate of drug-likeness (QED) is 0.349. The predicted molar refractivity (Wildman–Crippen MR) is 138 cm³/mol. The molecule has 0 bridgehead atoms. The first-order valence-corrected chi connectivity index (χ1v) is 12.9. The first-order chi connectivity index (χ1) is 21.6. The van der Waals surface area contributed by atoms with E-state index in [1.165, 1.54) is 0 Å². The number of methoxy groups -OCH3 is 1. The van der Waals surface area contributed by atoms with Gasteiger partial charge in [-0.1, -0.05) is 6.07 Å². The number of pyridine rings is 2. The van der Waals surface area contributed by atoms with Gasteiger partial charge in [-0.15, -0.1) is 0 Å². The minimum Gasteiger partial charge on any atom is -0.492 e. The van der Waals surface area contributed by atoms with Gasteiger partial charge in [0.1, 0.15) is 5.75 Å². The number of aromatic nitrogens is 2. The van der Waals surface area contributed by atoms with E-state index >= 15 is 0 Å². The predicted octanol–water partition coefficient (Wildman–Crippen LogP) is 4.45. The van der Waals surface area contributed by atoms with Crippen molar-refractivity contribution in [1.29, 1.82) is 0 Å². The van der Waals surface area contributed by atoms with Crippen LogP contribution in [0, 0.1) is 5.92 Å². The van der Waals surface area contributed by atoms with Crippen molar-refractivity contribution in [2.75, 3.05) is 33.4 Å². The summed E-state index contributed by atoms with van der Waals surface area (Å²) in [4.78, 5) is 37.5. The number of halogens is 9. The number of ether oxygens (including phenoxy) is 3. The van der Waals surface area contributed by atoms with Gasteiger partial charge in [0.25, 0.3) is 0 Å². The number of rotatable bonds is 7. The topological polar surface area (TPSA) is 169 Å². The summed E-state index contributed by atoms with van der Waals surface area (Å²) < 4.78 is 113. The first kappa shape index (κ1) is 40.6. The zero-order chi connectivity index (χ0) is 36.1. The van der Waals surface area contributed by atoms with Crippen LogP contribution < -0.4 is 9.47 Å². The second kappa shape index (κ2) is 17.5. The summed E-state index contributed by atoms with van der Waals surface area (Å²) in [7, 11) is 1.67. The smallest absolute Gasteiger partial charge is 0.490 e. The van der Waals surface area contributed by atoms with Crippen molar-refractivity contribution in [3.63, 3.8) is 0 Å². The number of alkyl halides is 9. The van der Waals surface area contributed by atoms with Gasteiger partial charge < -0.3 is 29.5 Å². The van der Waals surface area contributed by atoms with Gasteiger partial charge >= 0.3 is 36.4 Å². The Morgan fingerprint density at radius 3 is 1.87 bits per heavy atom. The fourth-order valence-corrected chi connectivity index (χ4v) is 4.09. The molecule has 2 aliphatic rings. The van der Waals surface area contributed by atoms with E-state index in [1.807, 2.05) is 18.2 Å². The highest BCUT2D eigenvalue weighted by Crippen LogP contribution is 2.42. The molecule has 4 rings (SSSR count). The van der Waals surface area contributed by atoms with Crippen LogP contribution in [0.25, 0.3) is 0 Å². The van der Waals surface area contributed by atoms with Gasteiger partial charge in [-0.05, 0) is 37.0 Å². The third-order valence-electron chi connectivity index (χ3n) is 6.12. The average Bonchev–Trinajstić information content (AvgIpc) is 3.37. The van der Waals surface area contributed by atoms with E-state index < -0.39 is 36.4 Å². The van der Waals surface area contributed by atoms with Crippen LogP contribution in [0.3, 0.4) is 0 Å². The van der Waals surface area contributed by atoms with E-state index in [9.17, 15) is 39.5 Å². The van der Waals surface area contributed by atoms with Gasteiger partial charge in [0, 0.05) is 44.2 Å². The van der Waals surface area contributed by atoms with E-state index in [0.29, 0.717) is 18.4 Å². The Kier molecular flexibility index (Phi) is 15.1. The molecule has 264 valence electrons. The lowest BCUT2D eigenvalue weighted by Crippen LogP contribution is -2.64. The lowest BCUT2D eigenvalue weighted by atomic mass is 9.79. The largest absolute Gasteiger partial charge is 0.492 e. The van der Waals surface area contributed by atoms with Crippen LogP contribution in [0.1, 0.15) is 18.4 Å². The van der Waals surface area contributed by atoms with Crippen LogP contribution in [0.15, 0.2) is 42.9 Å². The maximum Gasteiger partial charge on any atom is 0.490 e. The molecule has 2 fully saturated rings. The fourth-order valence-electron chi connectivity index (χ4n) is 4.09. The van der Waals surface area contributed by atoms with Gasteiger partial charge in [0.15, 0.2) is 0 Å². The maximum absolute atomic E-state index is 10.6. The highest BCUT2D eigenvalue weighted by atomic mass is 19.4. The van der Waals surface area contributed by atoms with Gasteiger partial charge in [0.2, 0.25) is 5.88 Å². The number of carboxylic acids is 3. The summed E-state index contributed by atoms with van der Waals surface area (Å²) in [5.41, 5.74) is 1.12. The first-order valence-electron chi connectivity index (χ1n) is 12.9. The van der Waals surface area contributed by atoms with Crippen LogP contribution >= 0.6 is 0 Å². The SMILES string of the molecule is COc1ncccc1CN1CC2(C1)OCCC2CCOc1cccnc1.O=C(O)C(F)(F)F.O=C(O)C(F)(F)F.O=C(O)C(F)(F)F. The number of carbonyl (C=O) groups is 3. The van der Waals surface area contributed by atoms with Crippen molar-refractivity contribution in [1.82, 2.24) is 14.9 Å². The lowest BCUT2D eigenvalue weighted by molar-refractivity contribution is -0.193. The molecular formula is C26H28F9N3O9. The Morgan fingerprint density at radius 1 is 0.915 bits per heavy atom. The minimum absolute atomic E-state index is 0.00621. The molecule has 0 saturated carbocycles. The van der Waals surface area contributed by atoms with E-state index in [0.717, 1.165) is 50.4 Å². The fraction of sp³-hybridized carbons (Fsp3) is 0.500. The Balaban J connectivity index is 0.000000430. The molecule has 2 saturated heterocycles. The summed E-state index contributed by atoms with van der Waals surface area (Å²) in [5.74, 6) is -6.18. The minimum atomic E-state index is -5.08. The number of carboxylic acid groups (broad SMARTS) is 3. The Morgan fingerprint density at radius 2 is 1.43 bits per heavy atom. The summed E-state index contributed by atoms with van der Waals surface area (Å²) >= 11 is 0.